The lowest BCUT2D eigenvalue weighted by atomic mass is 9.89. The first-order valence-electron chi connectivity index (χ1n) is 10.2. The van der Waals surface area contributed by atoms with Gasteiger partial charge in [-0.3, -0.25) is 9.59 Å². The van der Waals surface area contributed by atoms with Gasteiger partial charge in [-0.05, 0) is 48.1 Å². The normalized spacial score (nSPS) is 12.8. The van der Waals surface area contributed by atoms with Gasteiger partial charge in [0.2, 0.25) is 11.8 Å². The van der Waals surface area contributed by atoms with Crippen LogP contribution in [0.2, 0.25) is 0 Å². The van der Waals surface area contributed by atoms with Crippen LogP contribution in [0.3, 0.4) is 0 Å². The van der Waals surface area contributed by atoms with Crippen molar-refractivity contribution in [2.45, 2.75) is 44.0 Å². The Bertz CT molecular complexity index is 837. The van der Waals surface area contributed by atoms with E-state index in [4.69, 9.17) is 17.4 Å². The molecule has 2 rings (SSSR count). The number of benzene rings is 2. The van der Waals surface area contributed by atoms with E-state index in [2.05, 4.69) is 24.5 Å². The van der Waals surface area contributed by atoms with E-state index in [1.807, 2.05) is 48.5 Å². The SMILES string of the molecule is CNC(=O)[C@H](Cc1ccc(OC)cc1)NC(=O)C(Cc1ccccc1[S])CC(C)C. The number of nitrogens with one attached hydrogen (secondary N) is 2. The quantitative estimate of drug-likeness (QED) is 0.604. The Kier molecular flexibility index (Phi) is 9.12. The first-order chi connectivity index (χ1) is 14.3. The number of amides is 2. The molecule has 2 aromatic rings. The molecule has 2 aromatic carbocycles. The van der Waals surface area contributed by atoms with Gasteiger partial charge in [0.1, 0.15) is 11.8 Å². The topological polar surface area (TPSA) is 67.4 Å². The van der Waals surface area contributed by atoms with Gasteiger partial charge >= 0.3 is 0 Å². The molecule has 2 amide bonds. The molecule has 0 saturated carbocycles. The predicted octanol–water partition coefficient (Wildman–Crippen LogP) is 3.93. The molecule has 0 fully saturated rings. The van der Waals surface area contributed by atoms with Crippen LogP contribution in [0.5, 0.6) is 5.75 Å². The summed E-state index contributed by atoms with van der Waals surface area (Å²) in [6, 6.07) is 14.5. The number of rotatable bonds is 10. The van der Waals surface area contributed by atoms with Crippen molar-refractivity contribution in [1.29, 1.82) is 0 Å². The fraction of sp³-hybridized carbons (Fsp3) is 0.417. The molecule has 2 N–H and O–H groups in total. The van der Waals surface area contributed by atoms with E-state index in [0.29, 0.717) is 18.8 Å². The molecule has 0 aliphatic carbocycles. The van der Waals surface area contributed by atoms with Gasteiger partial charge < -0.3 is 15.4 Å². The molecule has 1 radical (unpaired) electrons. The fourth-order valence-corrected chi connectivity index (χ4v) is 3.69. The summed E-state index contributed by atoms with van der Waals surface area (Å²) >= 11 is 5.42. The highest BCUT2D eigenvalue weighted by Crippen LogP contribution is 2.22. The molecular formula is C24H31N2O3S. The third kappa shape index (κ3) is 7.02. The summed E-state index contributed by atoms with van der Waals surface area (Å²) in [5.74, 6) is 0.504. The van der Waals surface area contributed by atoms with Gasteiger partial charge in [-0.1, -0.05) is 56.8 Å². The maximum absolute atomic E-state index is 13.2. The third-order valence-electron chi connectivity index (χ3n) is 5.04. The Labute approximate surface area is 185 Å². The van der Waals surface area contributed by atoms with Crippen LogP contribution < -0.4 is 15.4 Å². The first-order valence-corrected chi connectivity index (χ1v) is 10.6. The Morgan fingerprint density at radius 3 is 2.23 bits per heavy atom. The first kappa shape index (κ1) is 23.7. The average Bonchev–Trinajstić information content (AvgIpc) is 2.73. The number of likely N-dealkylation sites (N-methyl/N-ethyl adjacent to an activating group) is 1. The van der Waals surface area contributed by atoms with Crippen molar-refractivity contribution in [2.75, 3.05) is 14.2 Å². The number of hydrogen-bond acceptors (Lipinski definition) is 3. The van der Waals surface area contributed by atoms with E-state index >= 15 is 0 Å². The second kappa shape index (κ2) is 11.6. The van der Waals surface area contributed by atoms with Crippen molar-refractivity contribution in [2.24, 2.45) is 11.8 Å². The van der Waals surface area contributed by atoms with Crippen LogP contribution in [0.15, 0.2) is 53.4 Å². The summed E-state index contributed by atoms with van der Waals surface area (Å²) in [6.45, 7) is 4.18. The van der Waals surface area contributed by atoms with Crippen molar-refractivity contribution in [3.63, 3.8) is 0 Å². The maximum Gasteiger partial charge on any atom is 0.242 e. The van der Waals surface area contributed by atoms with Gasteiger partial charge in [0.05, 0.1) is 7.11 Å². The van der Waals surface area contributed by atoms with Gasteiger partial charge in [0.15, 0.2) is 0 Å². The predicted molar refractivity (Wildman–Crippen MR) is 122 cm³/mol. The van der Waals surface area contributed by atoms with E-state index in [1.165, 1.54) is 0 Å². The number of carbonyl (C=O) groups is 2. The van der Waals surface area contributed by atoms with Crippen molar-refractivity contribution < 1.29 is 14.3 Å². The zero-order valence-electron chi connectivity index (χ0n) is 18.1. The molecule has 0 spiro atoms. The molecule has 2 atom stereocenters. The summed E-state index contributed by atoms with van der Waals surface area (Å²) in [6.07, 6.45) is 1.69. The van der Waals surface area contributed by atoms with Gasteiger partial charge in [-0.25, -0.2) is 0 Å². The highest BCUT2D eigenvalue weighted by atomic mass is 32.1. The van der Waals surface area contributed by atoms with Crippen LogP contribution in [0.4, 0.5) is 0 Å². The molecule has 0 heterocycles. The van der Waals surface area contributed by atoms with Crippen LogP contribution in [0.25, 0.3) is 0 Å². The Balaban J connectivity index is 2.16. The second-order valence-corrected chi connectivity index (χ2v) is 8.31. The molecule has 1 unspecified atom stereocenters. The zero-order valence-corrected chi connectivity index (χ0v) is 18.9. The van der Waals surface area contributed by atoms with Crippen molar-refractivity contribution in [3.05, 3.63) is 59.7 Å². The second-order valence-electron chi connectivity index (χ2n) is 7.87. The van der Waals surface area contributed by atoms with Crippen molar-refractivity contribution in [3.8, 4) is 5.75 Å². The van der Waals surface area contributed by atoms with E-state index in [1.54, 1.807) is 14.2 Å². The summed E-state index contributed by atoms with van der Waals surface area (Å²) in [5, 5.41) is 5.63. The summed E-state index contributed by atoms with van der Waals surface area (Å²) in [7, 11) is 3.19. The fourth-order valence-electron chi connectivity index (χ4n) is 3.46. The Morgan fingerprint density at radius 2 is 1.67 bits per heavy atom. The molecule has 0 aliphatic rings. The lowest BCUT2D eigenvalue weighted by molar-refractivity contribution is -0.131. The van der Waals surface area contributed by atoms with Crippen LogP contribution in [0.1, 0.15) is 31.4 Å². The minimum Gasteiger partial charge on any atom is -0.497 e. The average molecular weight is 428 g/mol. The monoisotopic (exact) mass is 427 g/mol. The summed E-state index contributed by atoms with van der Waals surface area (Å²) in [5.41, 5.74) is 1.93. The largest absolute Gasteiger partial charge is 0.497 e. The van der Waals surface area contributed by atoms with Crippen LogP contribution in [-0.2, 0) is 22.4 Å². The highest BCUT2D eigenvalue weighted by molar-refractivity contribution is 7.80. The molecular weight excluding hydrogens is 396 g/mol. The number of ether oxygens (including phenoxy) is 1. The summed E-state index contributed by atoms with van der Waals surface area (Å²) < 4.78 is 5.18. The molecule has 0 aliphatic heterocycles. The minimum atomic E-state index is -0.649. The zero-order chi connectivity index (χ0) is 22.1. The number of carbonyl (C=O) groups excluding carboxylic acids is 2. The van der Waals surface area contributed by atoms with E-state index < -0.39 is 6.04 Å². The van der Waals surface area contributed by atoms with Gasteiger partial charge in [-0.2, -0.15) is 0 Å². The van der Waals surface area contributed by atoms with Gasteiger partial charge in [-0.15, -0.1) is 0 Å². The lowest BCUT2D eigenvalue weighted by Gasteiger charge is -2.23. The minimum absolute atomic E-state index is 0.121. The lowest BCUT2D eigenvalue weighted by Crippen LogP contribution is -2.49. The molecule has 5 nitrogen and oxygen atoms in total. The van der Waals surface area contributed by atoms with Crippen molar-refractivity contribution in [1.82, 2.24) is 10.6 Å². The molecule has 6 heteroatoms. The third-order valence-corrected chi connectivity index (χ3v) is 5.44. The van der Waals surface area contributed by atoms with Crippen molar-refractivity contribution >= 4 is 24.4 Å². The molecule has 0 bridgehead atoms. The van der Waals surface area contributed by atoms with Crippen LogP contribution >= 0.6 is 12.6 Å². The Hall–Kier alpha value is -2.60. The smallest absolute Gasteiger partial charge is 0.242 e. The van der Waals surface area contributed by atoms with Crippen LogP contribution in [0, 0.1) is 11.8 Å². The summed E-state index contributed by atoms with van der Waals surface area (Å²) in [4.78, 5) is 26.4. The molecule has 0 aromatic heterocycles. The van der Waals surface area contributed by atoms with E-state index in [0.717, 1.165) is 28.2 Å². The molecule has 0 saturated heterocycles. The molecule has 161 valence electrons. The van der Waals surface area contributed by atoms with Gasteiger partial charge in [0, 0.05) is 24.3 Å². The van der Waals surface area contributed by atoms with Gasteiger partial charge in [0.25, 0.3) is 0 Å². The standard InChI is InChI=1S/C24H31N2O3S/c1-16(2)13-19(15-18-7-5-6-8-22(18)30)23(27)26-21(24(28)25-3)14-17-9-11-20(29-4)12-10-17/h5-12,16,19,21H,13-15H2,1-4H3,(H,25,28)(H,26,27)/t19?,21-/m0/s1. The highest BCUT2D eigenvalue weighted by Gasteiger charge is 2.26. The maximum atomic E-state index is 13.2. The van der Waals surface area contributed by atoms with E-state index in [-0.39, 0.29) is 17.7 Å². The van der Waals surface area contributed by atoms with Crippen LogP contribution in [-0.4, -0.2) is 32.0 Å². The number of methoxy groups -OCH3 is 1. The van der Waals surface area contributed by atoms with E-state index in [9.17, 15) is 9.59 Å². The number of hydrogen-bond donors (Lipinski definition) is 2. The molecule has 30 heavy (non-hydrogen) atoms. The Morgan fingerprint density at radius 1 is 1.00 bits per heavy atom.